The zero-order chi connectivity index (χ0) is 9.42. The van der Waals surface area contributed by atoms with E-state index in [9.17, 15) is 4.79 Å². The highest BCUT2D eigenvalue weighted by Gasteiger charge is 2.30. The van der Waals surface area contributed by atoms with Gasteiger partial charge in [-0.05, 0) is 26.7 Å². The highest BCUT2D eigenvalue weighted by Crippen LogP contribution is 2.30. The Balaban J connectivity index is 2.08. The fourth-order valence-electron chi connectivity index (χ4n) is 1.17. The van der Waals surface area contributed by atoms with Gasteiger partial charge in [-0.15, -0.1) is 0 Å². The first-order valence-electron chi connectivity index (χ1n) is 4.51. The Hall–Kier alpha value is -1.32. The number of nitrogens with one attached hydrogen (secondary N) is 2. The van der Waals surface area contributed by atoms with Crippen molar-refractivity contribution in [1.29, 1.82) is 0 Å². The Bertz CT molecular complexity index is 339. The van der Waals surface area contributed by atoms with E-state index in [1.807, 2.05) is 13.8 Å². The number of anilines is 1. The molecule has 0 radical (unpaired) electrons. The lowest BCUT2D eigenvalue weighted by atomic mass is 10.2. The number of aromatic nitrogens is 2. The van der Waals surface area contributed by atoms with Crippen molar-refractivity contribution in [3.05, 3.63) is 11.3 Å². The fraction of sp³-hybridized carbons (Fsp3) is 0.556. The van der Waals surface area contributed by atoms with E-state index < -0.39 is 0 Å². The van der Waals surface area contributed by atoms with Crippen LogP contribution in [-0.2, 0) is 4.79 Å². The summed E-state index contributed by atoms with van der Waals surface area (Å²) in [4.78, 5) is 11.4. The van der Waals surface area contributed by atoms with Crippen LogP contribution in [0.25, 0.3) is 0 Å². The summed E-state index contributed by atoms with van der Waals surface area (Å²) in [5.41, 5.74) is 2.03. The molecule has 1 saturated carbocycles. The highest BCUT2D eigenvalue weighted by molar-refractivity contribution is 5.93. The molecule has 2 N–H and O–H groups in total. The molecule has 1 fully saturated rings. The third kappa shape index (κ3) is 1.56. The van der Waals surface area contributed by atoms with Crippen molar-refractivity contribution < 1.29 is 4.79 Å². The number of hydrogen-bond acceptors (Lipinski definition) is 2. The Kier molecular flexibility index (Phi) is 1.83. The van der Waals surface area contributed by atoms with Gasteiger partial charge in [0.1, 0.15) is 0 Å². The van der Waals surface area contributed by atoms with Gasteiger partial charge < -0.3 is 5.32 Å². The monoisotopic (exact) mass is 179 g/mol. The van der Waals surface area contributed by atoms with Gasteiger partial charge in [0, 0.05) is 17.2 Å². The van der Waals surface area contributed by atoms with Crippen molar-refractivity contribution in [2.45, 2.75) is 26.7 Å². The van der Waals surface area contributed by atoms with Gasteiger partial charge in [0.05, 0.1) is 0 Å². The number of carbonyl (C=O) groups excluding carboxylic acids is 1. The minimum Gasteiger partial charge on any atom is -0.309 e. The molecule has 4 heteroatoms. The van der Waals surface area contributed by atoms with Crippen LogP contribution in [0.2, 0.25) is 0 Å². The van der Waals surface area contributed by atoms with Crippen molar-refractivity contribution in [3.63, 3.8) is 0 Å². The molecule has 0 unspecified atom stereocenters. The molecule has 1 aromatic heterocycles. The summed E-state index contributed by atoms with van der Waals surface area (Å²) >= 11 is 0. The molecule has 0 atom stereocenters. The Labute approximate surface area is 76.7 Å². The molecule has 0 bridgehead atoms. The van der Waals surface area contributed by atoms with Crippen LogP contribution in [0.5, 0.6) is 0 Å². The topological polar surface area (TPSA) is 57.8 Å². The van der Waals surface area contributed by atoms with Crippen LogP contribution in [-0.4, -0.2) is 16.1 Å². The van der Waals surface area contributed by atoms with Gasteiger partial charge in [-0.2, -0.15) is 5.10 Å². The van der Waals surface area contributed by atoms with Crippen molar-refractivity contribution in [1.82, 2.24) is 10.2 Å². The fourth-order valence-corrected chi connectivity index (χ4v) is 1.17. The first-order chi connectivity index (χ1) is 6.18. The van der Waals surface area contributed by atoms with Crippen LogP contribution in [0, 0.1) is 19.8 Å². The predicted octanol–water partition coefficient (Wildman–Crippen LogP) is 1.38. The number of rotatable bonds is 2. The molecule has 2 rings (SSSR count). The van der Waals surface area contributed by atoms with Crippen LogP contribution in [0.15, 0.2) is 0 Å². The van der Waals surface area contributed by atoms with Gasteiger partial charge >= 0.3 is 0 Å². The van der Waals surface area contributed by atoms with E-state index in [4.69, 9.17) is 0 Å². The molecule has 0 aromatic carbocycles. The summed E-state index contributed by atoms with van der Waals surface area (Å²) in [5, 5.41) is 9.66. The van der Waals surface area contributed by atoms with Crippen LogP contribution in [0.4, 0.5) is 5.82 Å². The Morgan fingerprint density at radius 1 is 1.54 bits per heavy atom. The maximum Gasteiger partial charge on any atom is 0.228 e. The van der Waals surface area contributed by atoms with Gasteiger partial charge in [0.2, 0.25) is 5.91 Å². The lowest BCUT2D eigenvalue weighted by Crippen LogP contribution is -2.14. The lowest BCUT2D eigenvalue weighted by Gasteiger charge is -2.00. The molecule has 0 aliphatic heterocycles. The number of hydrogen-bond donors (Lipinski definition) is 2. The molecule has 4 nitrogen and oxygen atoms in total. The lowest BCUT2D eigenvalue weighted by molar-refractivity contribution is -0.117. The average Bonchev–Trinajstić information content (AvgIpc) is 2.89. The van der Waals surface area contributed by atoms with Crippen molar-refractivity contribution >= 4 is 11.7 Å². The summed E-state index contributed by atoms with van der Waals surface area (Å²) in [7, 11) is 0. The quantitative estimate of drug-likeness (QED) is 0.720. The van der Waals surface area contributed by atoms with Crippen molar-refractivity contribution in [3.8, 4) is 0 Å². The van der Waals surface area contributed by atoms with Gasteiger partial charge in [-0.3, -0.25) is 9.89 Å². The zero-order valence-corrected chi connectivity index (χ0v) is 7.85. The molecule has 1 aliphatic carbocycles. The first kappa shape index (κ1) is 8.29. The largest absolute Gasteiger partial charge is 0.309 e. The maximum absolute atomic E-state index is 11.4. The molecular formula is C9H13N3O. The van der Waals surface area contributed by atoms with Crippen LogP contribution in [0.3, 0.4) is 0 Å². The number of aromatic amines is 1. The number of amides is 1. The van der Waals surface area contributed by atoms with Crippen LogP contribution >= 0.6 is 0 Å². The Morgan fingerprint density at radius 3 is 2.69 bits per heavy atom. The summed E-state index contributed by atoms with van der Waals surface area (Å²) < 4.78 is 0. The average molecular weight is 179 g/mol. The second kappa shape index (κ2) is 2.87. The van der Waals surface area contributed by atoms with E-state index in [2.05, 4.69) is 15.5 Å². The summed E-state index contributed by atoms with van der Waals surface area (Å²) in [5.74, 6) is 1.01. The van der Waals surface area contributed by atoms with E-state index >= 15 is 0 Å². The molecule has 0 saturated heterocycles. The van der Waals surface area contributed by atoms with Gasteiger partial charge in [-0.25, -0.2) is 0 Å². The smallest absolute Gasteiger partial charge is 0.228 e. The molecule has 1 aliphatic rings. The number of carbonyl (C=O) groups is 1. The number of H-pyrrole nitrogens is 1. The predicted molar refractivity (Wildman–Crippen MR) is 49.4 cm³/mol. The third-order valence-corrected chi connectivity index (χ3v) is 2.44. The third-order valence-electron chi connectivity index (χ3n) is 2.44. The summed E-state index contributed by atoms with van der Waals surface area (Å²) in [6.07, 6.45) is 2.04. The highest BCUT2D eigenvalue weighted by atomic mass is 16.2. The second-order valence-corrected chi connectivity index (χ2v) is 3.59. The zero-order valence-electron chi connectivity index (χ0n) is 7.85. The SMILES string of the molecule is Cc1[nH]nc(NC(=O)C2CC2)c1C. The summed E-state index contributed by atoms with van der Waals surface area (Å²) in [6.45, 7) is 3.89. The Morgan fingerprint density at radius 2 is 2.23 bits per heavy atom. The molecule has 0 spiro atoms. The number of aryl methyl sites for hydroxylation is 1. The van der Waals surface area contributed by atoms with Gasteiger partial charge in [0.25, 0.3) is 0 Å². The molecule has 1 heterocycles. The summed E-state index contributed by atoms with van der Waals surface area (Å²) in [6, 6.07) is 0. The molecule has 1 amide bonds. The minimum absolute atomic E-state index is 0.106. The molecular weight excluding hydrogens is 166 g/mol. The van der Waals surface area contributed by atoms with Crippen molar-refractivity contribution in [2.75, 3.05) is 5.32 Å². The standard InChI is InChI=1S/C9H13N3O/c1-5-6(2)11-12-8(5)10-9(13)7-3-4-7/h7H,3-4H2,1-2H3,(H2,10,11,12,13). The number of nitrogens with zero attached hydrogens (tertiary/aromatic N) is 1. The molecule has 1 aromatic rings. The maximum atomic E-state index is 11.4. The van der Waals surface area contributed by atoms with E-state index in [0.717, 1.165) is 24.1 Å². The normalized spacial score (nSPS) is 15.8. The van der Waals surface area contributed by atoms with E-state index in [1.54, 1.807) is 0 Å². The molecule has 70 valence electrons. The minimum atomic E-state index is 0.106. The van der Waals surface area contributed by atoms with Crippen LogP contribution in [0.1, 0.15) is 24.1 Å². The van der Waals surface area contributed by atoms with Gasteiger partial charge in [-0.1, -0.05) is 0 Å². The van der Waals surface area contributed by atoms with Crippen LogP contribution < -0.4 is 5.32 Å². The first-order valence-corrected chi connectivity index (χ1v) is 4.51. The second-order valence-electron chi connectivity index (χ2n) is 3.59. The van der Waals surface area contributed by atoms with Gasteiger partial charge in [0.15, 0.2) is 5.82 Å². The molecule has 13 heavy (non-hydrogen) atoms. The van der Waals surface area contributed by atoms with E-state index in [1.165, 1.54) is 0 Å². The van der Waals surface area contributed by atoms with E-state index in [0.29, 0.717) is 5.82 Å². The van der Waals surface area contributed by atoms with E-state index in [-0.39, 0.29) is 11.8 Å². The van der Waals surface area contributed by atoms with Crippen molar-refractivity contribution in [2.24, 2.45) is 5.92 Å².